The van der Waals surface area contributed by atoms with E-state index < -0.39 is 5.82 Å². The van der Waals surface area contributed by atoms with Crippen LogP contribution in [0, 0.1) is 5.82 Å². The zero-order chi connectivity index (χ0) is 17.1. The molecule has 1 fully saturated rings. The maximum absolute atomic E-state index is 13.7. The van der Waals surface area contributed by atoms with E-state index >= 15 is 0 Å². The van der Waals surface area contributed by atoms with E-state index in [4.69, 9.17) is 4.74 Å². The van der Waals surface area contributed by atoms with E-state index in [0.29, 0.717) is 25.3 Å². The minimum absolute atomic E-state index is 0.0426. The number of rotatable bonds is 4. The molecule has 3 heterocycles. The fraction of sp³-hybridized carbons (Fsp3) is 0.353. The van der Waals surface area contributed by atoms with Gasteiger partial charge in [-0.25, -0.2) is 9.37 Å². The van der Waals surface area contributed by atoms with Crippen molar-refractivity contribution in [2.75, 3.05) is 32.1 Å². The molecule has 1 saturated heterocycles. The Morgan fingerprint density at radius 2 is 2.21 bits per heavy atom. The van der Waals surface area contributed by atoms with Crippen LogP contribution in [0.4, 0.5) is 10.2 Å². The molecule has 24 heavy (non-hydrogen) atoms. The van der Waals surface area contributed by atoms with Gasteiger partial charge in [-0.15, -0.1) is 0 Å². The smallest absolute Gasteiger partial charge is 0.257 e. The third-order valence-corrected chi connectivity index (χ3v) is 3.90. The van der Waals surface area contributed by atoms with Gasteiger partial charge in [-0.1, -0.05) is 0 Å². The van der Waals surface area contributed by atoms with Crippen LogP contribution in [0.5, 0.6) is 5.75 Å². The lowest BCUT2D eigenvalue weighted by atomic mass is 10.2. The summed E-state index contributed by atoms with van der Waals surface area (Å²) in [5, 5.41) is 0. The number of carbonyl (C=O) groups excluding carboxylic acids is 1. The molecule has 1 atom stereocenters. The predicted octanol–water partition coefficient (Wildman–Crippen LogP) is 1.98. The number of aromatic nitrogens is 2. The molecule has 126 valence electrons. The van der Waals surface area contributed by atoms with Crippen molar-refractivity contribution in [3.63, 3.8) is 0 Å². The molecule has 0 aliphatic carbocycles. The Hall–Kier alpha value is -2.70. The van der Waals surface area contributed by atoms with Crippen molar-refractivity contribution in [2.45, 2.75) is 12.5 Å². The number of anilines is 1. The van der Waals surface area contributed by atoms with Gasteiger partial charge < -0.3 is 14.5 Å². The topological polar surface area (TPSA) is 58.6 Å². The van der Waals surface area contributed by atoms with Crippen LogP contribution in [0.15, 0.2) is 36.8 Å². The summed E-state index contributed by atoms with van der Waals surface area (Å²) in [5.74, 6) is 0.480. The lowest BCUT2D eigenvalue weighted by Crippen LogP contribution is -2.31. The molecule has 0 N–H and O–H groups in total. The standard InChI is InChI=1S/C17H19FN4O2/c1-21(2)16-15(4-3-7-20-16)24-12-6-9-22(11-12)17(23)13-5-8-19-10-14(13)18/h3-5,7-8,10,12H,6,9,11H2,1-2H3/t12-/m1/s1. The number of pyridine rings is 2. The maximum atomic E-state index is 13.7. The minimum atomic E-state index is -0.603. The van der Waals surface area contributed by atoms with Gasteiger partial charge in [-0.05, 0) is 18.2 Å². The summed E-state index contributed by atoms with van der Waals surface area (Å²) in [6, 6.07) is 5.07. The Labute approximate surface area is 139 Å². The molecule has 0 radical (unpaired) electrons. The summed E-state index contributed by atoms with van der Waals surface area (Å²) in [5.41, 5.74) is 0.0426. The van der Waals surface area contributed by atoms with Gasteiger partial charge >= 0.3 is 0 Å². The van der Waals surface area contributed by atoms with Crippen LogP contribution >= 0.6 is 0 Å². The SMILES string of the molecule is CN(C)c1ncccc1O[C@@H]1CCN(C(=O)c2ccncc2F)C1. The fourth-order valence-corrected chi connectivity index (χ4v) is 2.72. The zero-order valence-corrected chi connectivity index (χ0v) is 13.6. The zero-order valence-electron chi connectivity index (χ0n) is 13.6. The Balaban J connectivity index is 1.68. The molecular formula is C17H19FN4O2. The molecule has 7 heteroatoms. The molecule has 2 aromatic heterocycles. The van der Waals surface area contributed by atoms with E-state index in [-0.39, 0.29) is 17.6 Å². The minimum Gasteiger partial charge on any atom is -0.485 e. The number of nitrogens with zero attached hydrogens (tertiary/aromatic N) is 4. The molecular weight excluding hydrogens is 311 g/mol. The highest BCUT2D eigenvalue weighted by atomic mass is 19.1. The highest BCUT2D eigenvalue weighted by Crippen LogP contribution is 2.27. The molecule has 0 saturated carbocycles. The number of carbonyl (C=O) groups is 1. The van der Waals surface area contributed by atoms with Crippen LogP contribution in [-0.2, 0) is 0 Å². The molecule has 1 aliphatic heterocycles. The van der Waals surface area contributed by atoms with Crippen molar-refractivity contribution in [1.29, 1.82) is 0 Å². The number of hydrogen-bond acceptors (Lipinski definition) is 5. The average Bonchev–Trinajstić information content (AvgIpc) is 3.03. The Bertz CT molecular complexity index is 738. The van der Waals surface area contributed by atoms with Crippen molar-refractivity contribution in [3.8, 4) is 5.75 Å². The number of halogens is 1. The first-order valence-corrected chi connectivity index (χ1v) is 7.74. The fourth-order valence-electron chi connectivity index (χ4n) is 2.72. The van der Waals surface area contributed by atoms with Crippen LogP contribution in [-0.4, -0.2) is 54.1 Å². The summed E-state index contributed by atoms with van der Waals surface area (Å²) < 4.78 is 19.7. The molecule has 0 bridgehead atoms. The van der Waals surface area contributed by atoms with E-state index in [9.17, 15) is 9.18 Å². The maximum Gasteiger partial charge on any atom is 0.257 e. The van der Waals surface area contributed by atoms with Crippen LogP contribution in [0.25, 0.3) is 0 Å². The van der Waals surface area contributed by atoms with Crippen LogP contribution in [0.3, 0.4) is 0 Å². The lowest BCUT2D eigenvalue weighted by Gasteiger charge is -2.20. The lowest BCUT2D eigenvalue weighted by molar-refractivity contribution is 0.0767. The third-order valence-electron chi connectivity index (χ3n) is 3.90. The molecule has 1 aliphatic rings. The van der Waals surface area contributed by atoms with Crippen molar-refractivity contribution >= 4 is 11.7 Å². The highest BCUT2D eigenvalue weighted by molar-refractivity contribution is 5.94. The number of amides is 1. The van der Waals surface area contributed by atoms with Gasteiger partial charge in [0.25, 0.3) is 5.91 Å². The van der Waals surface area contributed by atoms with Gasteiger partial charge in [0.15, 0.2) is 17.4 Å². The van der Waals surface area contributed by atoms with Gasteiger partial charge in [-0.2, -0.15) is 0 Å². The monoisotopic (exact) mass is 330 g/mol. The average molecular weight is 330 g/mol. The largest absolute Gasteiger partial charge is 0.485 e. The second-order valence-electron chi connectivity index (χ2n) is 5.85. The van der Waals surface area contributed by atoms with E-state index in [1.165, 1.54) is 12.3 Å². The van der Waals surface area contributed by atoms with E-state index in [0.717, 1.165) is 12.0 Å². The Morgan fingerprint density at radius 1 is 1.38 bits per heavy atom. The van der Waals surface area contributed by atoms with Gasteiger partial charge in [-0.3, -0.25) is 9.78 Å². The first kappa shape index (κ1) is 16.2. The second kappa shape index (κ2) is 6.82. The van der Waals surface area contributed by atoms with Crippen LogP contribution in [0.2, 0.25) is 0 Å². The predicted molar refractivity (Wildman–Crippen MR) is 87.7 cm³/mol. The van der Waals surface area contributed by atoms with E-state index in [1.807, 2.05) is 31.1 Å². The number of likely N-dealkylation sites (tertiary alicyclic amines) is 1. The summed E-state index contributed by atoms with van der Waals surface area (Å²) in [4.78, 5) is 23.9. The van der Waals surface area contributed by atoms with Gasteiger partial charge in [0.2, 0.25) is 0 Å². The number of hydrogen-bond donors (Lipinski definition) is 0. The molecule has 3 rings (SSSR count). The Morgan fingerprint density at radius 3 is 2.96 bits per heavy atom. The van der Waals surface area contributed by atoms with Crippen molar-refractivity contribution in [3.05, 3.63) is 48.2 Å². The van der Waals surface area contributed by atoms with Crippen molar-refractivity contribution < 1.29 is 13.9 Å². The summed E-state index contributed by atoms with van der Waals surface area (Å²) in [6.07, 6.45) is 4.73. The molecule has 0 unspecified atom stereocenters. The van der Waals surface area contributed by atoms with E-state index in [1.54, 1.807) is 11.1 Å². The second-order valence-corrected chi connectivity index (χ2v) is 5.85. The highest BCUT2D eigenvalue weighted by Gasteiger charge is 2.30. The third kappa shape index (κ3) is 3.29. The summed E-state index contributed by atoms with van der Waals surface area (Å²) >= 11 is 0. The number of ether oxygens (including phenoxy) is 1. The molecule has 0 aromatic carbocycles. The first-order chi connectivity index (χ1) is 11.6. The van der Waals surface area contributed by atoms with Crippen molar-refractivity contribution in [1.82, 2.24) is 14.9 Å². The molecule has 2 aromatic rings. The quantitative estimate of drug-likeness (QED) is 0.858. The van der Waals surface area contributed by atoms with E-state index in [2.05, 4.69) is 9.97 Å². The van der Waals surface area contributed by atoms with Gasteiger partial charge in [0, 0.05) is 39.5 Å². The normalized spacial score (nSPS) is 17.0. The summed E-state index contributed by atoms with van der Waals surface area (Å²) in [7, 11) is 3.79. The van der Waals surface area contributed by atoms with Crippen molar-refractivity contribution in [2.24, 2.45) is 0 Å². The molecule has 1 amide bonds. The molecule has 6 nitrogen and oxygen atoms in total. The van der Waals surface area contributed by atoms with Gasteiger partial charge in [0.1, 0.15) is 6.10 Å². The van der Waals surface area contributed by atoms with Crippen LogP contribution in [0.1, 0.15) is 16.8 Å². The molecule has 0 spiro atoms. The van der Waals surface area contributed by atoms with Gasteiger partial charge in [0.05, 0.1) is 18.3 Å². The summed E-state index contributed by atoms with van der Waals surface area (Å²) in [6.45, 7) is 0.950. The Kier molecular flexibility index (Phi) is 4.59. The van der Waals surface area contributed by atoms with Crippen LogP contribution < -0.4 is 9.64 Å². The first-order valence-electron chi connectivity index (χ1n) is 7.74.